The third kappa shape index (κ3) is 3.92. The smallest absolute Gasteiger partial charge is 0.270 e. The zero-order chi connectivity index (χ0) is 17.6. The van der Waals surface area contributed by atoms with Gasteiger partial charge in [0.25, 0.3) is 5.91 Å². The number of anilines is 1. The van der Waals surface area contributed by atoms with E-state index in [1.54, 1.807) is 36.5 Å². The Bertz CT molecular complexity index is 906. The largest absolute Gasteiger partial charge is 0.490 e. The molecule has 25 heavy (non-hydrogen) atoms. The van der Waals surface area contributed by atoms with E-state index < -0.39 is 0 Å². The van der Waals surface area contributed by atoms with Gasteiger partial charge in [0.1, 0.15) is 18.1 Å². The molecule has 2 amide bonds. The summed E-state index contributed by atoms with van der Waals surface area (Å²) in [6.07, 6.45) is 1.62. The van der Waals surface area contributed by atoms with E-state index in [1.165, 1.54) is 6.92 Å². The standard InChI is InChI=1S/C17H17N5O3/c1-11(23)20-13-6-2-3-7-14(13)25-10-9-19-17(24)15-12-5-4-8-18-16(12)22-21-15/h2-8H,9-10H2,1H3,(H,19,24)(H,20,23)(H,18,21,22). The zero-order valence-electron chi connectivity index (χ0n) is 13.6. The number of ether oxygens (including phenoxy) is 1. The Morgan fingerprint density at radius 2 is 2.04 bits per heavy atom. The van der Waals surface area contributed by atoms with Crippen LogP contribution in [0.3, 0.4) is 0 Å². The molecule has 0 radical (unpaired) electrons. The number of pyridine rings is 1. The molecule has 0 aliphatic rings. The van der Waals surface area contributed by atoms with Gasteiger partial charge in [0, 0.05) is 13.1 Å². The van der Waals surface area contributed by atoms with Crippen LogP contribution >= 0.6 is 0 Å². The molecule has 0 spiro atoms. The van der Waals surface area contributed by atoms with Gasteiger partial charge in [0.15, 0.2) is 5.65 Å². The van der Waals surface area contributed by atoms with E-state index in [2.05, 4.69) is 25.8 Å². The zero-order valence-corrected chi connectivity index (χ0v) is 13.6. The minimum Gasteiger partial charge on any atom is -0.490 e. The lowest BCUT2D eigenvalue weighted by Crippen LogP contribution is -2.28. The number of amides is 2. The van der Waals surface area contributed by atoms with E-state index in [0.29, 0.717) is 34.7 Å². The molecule has 2 aromatic heterocycles. The van der Waals surface area contributed by atoms with Crippen LogP contribution in [-0.4, -0.2) is 40.1 Å². The van der Waals surface area contributed by atoms with E-state index in [0.717, 1.165) is 0 Å². The highest BCUT2D eigenvalue weighted by atomic mass is 16.5. The normalized spacial score (nSPS) is 10.4. The molecule has 0 unspecified atom stereocenters. The summed E-state index contributed by atoms with van der Waals surface area (Å²) in [5, 5.41) is 12.8. The highest BCUT2D eigenvalue weighted by Crippen LogP contribution is 2.23. The van der Waals surface area contributed by atoms with Crippen molar-refractivity contribution in [3.05, 3.63) is 48.3 Å². The molecule has 8 nitrogen and oxygen atoms in total. The topological polar surface area (TPSA) is 109 Å². The molecule has 0 bridgehead atoms. The van der Waals surface area contributed by atoms with Crippen LogP contribution in [-0.2, 0) is 4.79 Å². The molecule has 0 saturated carbocycles. The van der Waals surface area contributed by atoms with Crippen LogP contribution in [0.25, 0.3) is 11.0 Å². The van der Waals surface area contributed by atoms with Gasteiger partial charge in [-0.3, -0.25) is 14.7 Å². The molecule has 2 heterocycles. The predicted octanol–water partition coefficient (Wildman–Crippen LogP) is 1.73. The number of carbonyl (C=O) groups is 2. The fourth-order valence-electron chi connectivity index (χ4n) is 2.32. The van der Waals surface area contributed by atoms with Gasteiger partial charge < -0.3 is 15.4 Å². The maximum atomic E-state index is 12.2. The summed E-state index contributed by atoms with van der Waals surface area (Å²) in [6, 6.07) is 10.6. The van der Waals surface area contributed by atoms with Crippen LogP contribution in [0.5, 0.6) is 5.75 Å². The van der Waals surface area contributed by atoms with Crippen molar-refractivity contribution >= 4 is 28.5 Å². The number of nitrogens with one attached hydrogen (secondary N) is 3. The maximum Gasteiger partial charge on any atom is 0.270 e. The number of hydrogen-bond donors (Lipinski definition) is 3. The van der Waals surface area contributed by atoms with Crippen LogP contribution in [0.4, 0.5) is 5.69 Å². The molecule has 0 saturated heterocycles. The monoisotopic (exact) mass is 339 g/mol. The SMILES string of the molecule is CC(=O)Nc1ccccc1OCCNC(=O)c1[nH]nc2ncccc12. The maximum absolute atomic E-state index is 12.2. The van der Waals surface area contributed by atoms with Crippen LogP contribution in [0.2, 0.25) is 0 Å². The van der Waals surface area contributed by atoms with Gasteiger partial charge in [-0.25, -0.2) is 4.98 Å². The lowest BCUT2D eigenvalue weighted by atomic mass is 10.2. The third-order valence-corrected chi connectivity index (χ3v) is 3.40. The summed E-state index contributed by atoms with van der Waals surface area (Å²) in [5.74, 6) is 0.0847. The molecule has 0 aliphatic carbocycles. The summed E-state index contributed by atoms with van der Waals surface area (Å²) in [6.45, 7) is 1.99. The molecule has 0 fully saturated rings. The predicted molar refractivity (Wildman–Crippen MR) is 92.5 cm³/mol. The van der Waals surface area contributed by atoms with Crippen molar-refractivity contribution in [2.24, 2.45) is 0 Å². The molecule has 1 aromatic carbocycles. The Balaban J connectivity index is 1.55. The number of H-pyrrole nitrogens is 1. The Labute approximate surface area is 143 Å². The van der Waals surface area contributed by atoms with Gasteiger partial charge in [0.2, 0.25) is 5.91 Å². The first-order valence-electron chi connectivity index (χ1n) is 7.72. The number of benzene rings is 1. The van der Waals surface area contributed by atoms with Crippen molar-refractivity contribution in [3.8, 4) is 5.75 Å². The van der Waals surface area contributed by atoms with Crippen LogP contribution < -0.4 is 15.4 Å². The number of aromatic nitrogens is 3. The summed E-state index contributed by atoms with van der Waals surface area (Å²) in [4.78, 5) is 27.5. The molecule has 3 N–H and O–H groups in total. The first-order chi connectivity index (χ1) is 12.1. The van der Waals surface area contributed by atoms with Gasteiger partial charge in [-0.2, -0.15) is 5.10 Å². The fraction of sp³-hybridized carbons (Fsp3) is 0.176. The summed E-state index contributed by atoms with van der Waals surface area (Å²) >= 11 is 0. The van der Waals surface area contributed by atoms with Gasteiger partial charge in [-0.05, 0) is 24.3 Å². The van der Waals surface area contributed by atoms with Crippen molar-refractivity contribution < 1.29 is 14.3 Å². The molecule has 0 atom stereocenters. The summed E-state index contributed by atoms with van der Waals surface area (Å²) < 4.78 is 5.63. The lowest BCUT2D eigenvalue weighted by molar-refractivity contribution is -0.114. The van der Waals surface area contributed by atoms with Crippen molar-refractivity contribution in [1.82, 2.24) is 20.5 Å². The number of carbonyl (C=O) groups excluding carboxylic acids is 2. The molecule has 8 heteroatoms. The third-order valence-electron chi connectivity index (χ3n) is 3.40. The number of fused-ring (bicyclic) bond motifs is 1. The van der Waals surface area contributed by atoms with Crippen LogP contribution in [0.15, 0.2) is 42.6 Å². The van der Waals surface area contributed by atoms with E-state index >= 15 is 0 Å². The van der Waals surface area contributed by atoms with Crippen molar-refractivity contribution in [1.29, 1.82) is 0 Å². The minimum atomic E-state index is -0.283. The number of nitrogens with zero attached hydrogens (tertiary/aromatic N) is 2. The summed E-state index contributed by atoms with van der Waals surface area (Å²) in [7, 11) is 0. The Morgan fingerprint density at radius 3 is 2.88 bits per heavy atom. The van der Waals surface area contributed by atoms with E-state index in [4.69, 9.17) is 4.74 Å². The van der Waals surface area contributed by atoms with Gasteiger partial charge in [-0.1, -0.05) is 12.1 Å². The molecule has 3 aromatic rings. The van der Waals surface area contributed by atoms with Crippen molar-refractivity contribution in [2.45, 2.75) is 6.92 Å². The second-order valence-corrected chi connectivity index (χ2v) is 5.25. The highest BCUT2D eigenvalue weighted by Gasteiger charge is 2.13. The van der Waals surface area contributed by atoms with Crippen LogP contribution in [0, 0.1) is 0 Å². The highest BCUT2D eigenvalue weighted by molar-refractivity contribution is 6.03. The molecular weight excluding hydrogens is 322 g/mol. The second kappa shape index (κ2) is 7.43. The second-order valence-electron chi connectivity index (χ2n) is 5.25. The van der Waals surface area contributed by atoms with E-state index in [9.17, 15) is 9.59 Å². The minimum absolute atomic E-state index is 0.177. The number of para-hydroxylation sites is 2. The molecule has 128 valence electrons. The Hall–Kier alpha value is -3.42. The number of rotatable bonds is 6. The average molecular weight is 339 g/mol. The molecule has 3 rings (SSSR count). The van der Waals surface area contributed by atoms with Crippen LogP contribution in [0.1, 0.15) is 17.4 Å². The average Bonchev–Trinajstić information content (AvgIpc) is 3.03. The van der Waals surface area contributed by atoms with Gasteiger partial charge in [0.05, 0.1) is 17.6 Å². The van der Waals surface area contributed by atoms with E-state index in [1.807, 2.05) is 6.07 Å². The van der Waals surface area contributed by atoms with Crippen molar-refractivity contribution in [2.75, 3.05) is 18.5 Å². The number of aromatic amines is 1. The Morgan fingerprint density at radius 1 is 1.20 bits per heavy atom. The first kappa shape index (κ1) is 16.4. The van der Waals surface area contributed by atoms with E-state index in [-0.39, 0.29) is 18.4 Å². The molecular formula is C17H17N5O3. The number of hydrogen-bond acceptors (Lipinski definition) is 5. The quantitative estimate of drug-likeness (QED) is 0.593. The fourth-order valence-corrected chi connectivity index (χ4v) is 2.32. The summed E-state index contributed by atoms with van der Waals surface area (Å²) in [5.41, 5.74) is 1.45. The lowest BCUT2D eigenvalue weighted by Gasteiger charge is -2.11. The van der Waals surface area contributed by atoms with Gasteiger partial charge in [-0.15, -0.1) is 0 Å². The van der Waals surface area contributed by atoms with Gasteiger partial charge >= 0.3 is 0 Å². The first-order valence-corrected chi connectivity index (χ1v) is 7.72. The Kier molecular flexibility index (Phi) is 4.89. The molecule has 0 aliphatic heterocycles. The van der Waals surface area contributed by atoms with Crippen molar-refractivity contribution in [3.63, 3.8) is 0 Å².